The van der Waals surface area contributed by atoms with Crippen LogP contribution in [0.3, 0.4) is 0 Å². The van der Waals surface area contributed by atoms with Gasteiger partial charge >= 0.3 is 0 Å². The Morgan fingerprint density at radius 3 is 2.25 bits per heavy atom. The average molecular weight is 238 g/mol. The maximum absolute atomic E-state index is 11.9. The summed E-state index contributed by atoms with van der Waals surface area (Å²) in [5.74, 6) is -0.222. The second kappa shape index (κ2) is 6.06. The van der Waals surface area contributed by atoms with Gasteiger partial charge in [0.25, 0.3) is 0 Å². The van der Waals surface area contributed by atoms with E-state index in [-0.39, 0.29) is 17.0 Å². The normalized spacial score (nSPS) is 14.8. The first-order chi connectivity index (χ1) is 7.52. The van der Waals surface area contributed by atoms with Gasteiger partial charge in [0, 0.05) is 4.90 Å². The highest BCUT2D eigenvalue weighted by atomic mass is 32.2. The molecule has 2 nitrogen and oxygen atoms in total. The minimum absolute atomic E-state index is 0.0207. The number of hydrogen-bond donors (Lipinski definition) is 1. The molecular formula is C13H18O2S. The van der Waals surface area contributed by atoms with Crippen molar-refractivity contribution >= 4 is 16.9 Å². The lowest BCUT2D eigenvalue weighted by molar-refractivity contribution is -0.117. The molecule has 0 amide bonds. The highest BCUT2D eigenvalue weighted by Gasteiger charge is 2.24. The number of carbonyl (C=O) groups excluding carboxylic acids is 1. The monoisotopic (exact) mass is 238 g/mol. The molecule has 0 saturated heterocycles. The van der Waals surface area contributed by atoms with Gasteiger partial charge < -0.3 is 5.11 Å². The van der Waals surface area contributed by atoms with E-state index in [1.165, 1.54) is 11.8 Å². The Morgan fingerprint density at radius 1 is 1.19 bits per heavy atom. The van der Waals surface area contributed by atoms with Gasteiger partial charge in [-0.25, -0.2) is 0 Å². The van der Waals surface area contributed by atoms with E-state index in [0.717, 1.165) is 4.90 Å². The lowest BCUT2D eigenvalue weighted by Gasteiger charge is -2.20. The molecule has 0 spiro atoms. The SMILES string of the molecule is CC(C)[C@@H](O)[C@@H](C)C(=O)Sc1ccccc1. The highest BCUT2D eigenvalue weighted by molar-refractivity contribution is 8.13. The number of benzene rings is 1. The Labute approximate surface area is 101 Å². The second-order valence-corrected chi connectivity index (χ2v) is 5.34. The maximum Gasteiger partial charge on any atom is 0.199 e. The van der Waals surface area contributed by atoms with Crippen molar-refractivity contribution in [2.75, 3.05) is 0 Å². The lowest BCUT2D eigenvalue weighted by Crippen LogP contribution is -2.28. The van der Waals surface area contributed by atoms with Crippen LogP contribution in [0.15, 0.2) is 35.2 Å². The fraction of sp³-hybridized carbons (Fsp3) is 0.462. The predicted octanol–water partition coefficient (Wildman–Crippen LogP) is 2.96. The summed E-state index contributed by atoms with van der Waals surface area (Å²) in [4.78, 5) is 12.8. The fourth-order valence-corrected chi connectivity index (χ4v) is 2.27. The number of aliphatic hydroxyl groups excluding tert-OH is 1. The van der Waals surface area contributed by atoms with E-state index >= 15 is 0 Å². The molecule has 0 saturated carbocycles. The van der Waals surface area contributed by atoms with Gasteiger partial charge in [-0.05, 0) is 18.1 Å². The molecule has 0 unspecified atom stereocenters. The van der Waals surface area contributed by atoms with Crippen LogP contribution in [0.1, 0.15) is 20.8 Å². The summed E-state index contributed by atoms with van der Waals surface area (Å²) in [6.45, 7) is 5.62. The van der Waals surface area contributed by atoms with Crippen LogP contribution in [-0.2, 0) is 4.79 Å². The van der Waals surface area contributed by atoms with Crippen LogP contribution in [0.4, 0.5) is 0 Å². The topological polar surface area (TPSA) is 37.3 Å². The zero-order valence-corrected chi connectivity index (χ0v) is 10.7. The number of hydrogen-bond acceptors (Lipinski definition) is 3. The van der Waals surface area contributed by atoms with Crippen LogP contribution in [-0.4, -0.2) is 16.3 Å². The van der Waals surface area contributed by atoms with E-state index < -0.39 is 6.10 Å². The summed E-state index contributed by atoms with van der Waals surface area (Å²) in [6, 6.07) is 9.52. The third kappa shape index (κ3) is 3.65. The molecule has 2 atom stereocenters. The summed E-state index contributed by atoms with van der Waals surface area (Å²) >= 11 is 1.20. The Bertz CT molecular complexity index is 335. The standard InChI is InChI=1S/C13H18O2S/c1-9(2)12(14)10(3)13(15)16-11-7-5-4-6-8-11/h4-10,12,14H,1-3H3/t10-,12-/m1/s1. The molecule has 1 N–H and O–H groups in total. The van der Waals surface area contributed by atoms with Crippen LogP contribution < -0.4 is 0 Å². The van der Waals surface area contributed by atoms with E-state index in [2.05, 4.69) is 0 Å². The van der Waals surface area contributed by atoms with Crippen molar-refractivity contribution in [2.24, 2.45) is 11.8 Å². The van der Waals surface area contributed by atoms with Crippen LogP contribution in [0.5, 0.6) is 0 Å². The first kappa shape index (κ1) is 13.3. The molecule has 0 bridgehead atoms. The Balaban J connectivity index is 2.59. The van der Waals surface area contributed by atoms with Gasteiger partial charge in [0.15, 0.2) is 5.12 Å². The van der Waals surface area contributed by atoms with Crippen molar-refractivity contribution < 1.29 is 9.90 Å². The number of thioether (sulfide) groups is 1. The van der Waals surface area contributed by atoms with Crippen molar-refractivity contribution in [2.45, 2.75) is 31.8 Å². The first-order valence-electron chi connectivity index (χ1n) is 5.47. The molecule has 0 aliphatic carbocycles. The molecule has 0 heterocycles. The van der Waals surface area contributed by atoms with Crippen LogP contribution in [0.2, 0.25) is 0 Å². The van der Waals surface area contributed by atoms with Crippen molar-refractivity contribution in [3.63, 3.8) is 0 Å². The lowest BCUT2D eigenvalue weighted by atomic mass is 9.96. The Morgan fingerprint density at radius 2 is 1.75 bits per heavy atom. The molecule has 0 radical (unpaired) electrons. The Hall–Kier alpha value is -0.800. The molecular weight excluding hydrogens is 220 g/mol. The van der Waals surface area contributed by atoms with E-state index in [1.807, 2.05) is 44.2 Å². The number of aliphatic hydroxyl groups is 1. The largest absolute Gasteiger partial charge is 0.392 e. The van der Waals surface area contributed by atoms with Gasteiger partial charge in [0.05, 0.1) is 12.0 Å². The number of carbonyl (C=O) groups is 1. The van der Waals surface area contributed by atoms with Gasteiger partial charge in [-0.1, -0.05) is 50.7 Å². The average Bonchev–Trinajstić information content (AvgIpc) is 2.28. The van der Waals surface area contributed by atoms with Crippen molar-refractivity contribution in [1.82, 2.24) is 0 Å². The third-order valence-corrected chi connectivity index (χ3v) is 3.61. The summed E-state index contributed by atoms with van der Waals surface area (Å²) in [7, 11) is 0. The smallest absolute Gasteiger partial charge is 0.199 e. The zero-order chi connectivity index (χ0) is 12.1. The second-order valence-electron chi connectivity index (χ2n) is 4.26. The zero-order valence-electron chi connectivity index (χ0n) is 9.88. The fourth-order valence-electron chi connectivity index (χ4n) is 1.41. The molecule has 1 aromatic carbocycles. The van der Waals surface area contributed by atoms with Gasteiger partial charge in [0.1, 0.15) is 0 Å². The molecule has 0 aliphatic rings. The molecule has 1 rings (SSSR count). The van der Waals surface area contributed by atoms with Crippen molar-refractivity contribution in [1.29, 1.82) is 0 Å². The quantitative estimate of drug-likeness (QED) is 0.819. The minimum atomic E-state index is -0.566. The van der Waals surface area contributed by atoms with E-state index in [1.54, 1.807) is 6.92 Å². The summed E-state index contributed by atoms with van der Waals surface area (Å²) in [6.07, 6.45) is -0.566. The molecule has 0 aliphatic heterocycles. The summed E-state index contributed by atoms with van der Waals surface area (Å²) in [5, 5.41) is 9.83. The molecule has 3 heteroatoms. The number of rotatable bonds is 4. The Kier molecular flexibility index (Phi) is 5.03. The highest BCUT2D eigenvalue weighted by Crippen LogP contribution is 2.25. The van der Waals surface area contributed by atoms with Gasteiger partial charge in [-0.15, -0.1) is 0 Å². The minimum Gasteiger partial charge on any atom is -0.392 e. The molecule has 0 fully saturated rings. The van der Waals surface area contributed by atoms with Crippen molar-refractivity contribution in [3.05, 3.63) is 30.3 Å². The molecule has 0 aromatic heterocycles. The summed E-state index contributed by atoms with van der Waals surface area (Å²) < 4.78 is 0. The van der Waals surface area contributed by atoms with Crippen LogP contribution >= 0.6 is 11.8 Å². The van der Waals surface area contributed by atoms with Gasteiger partial charge in [-0.2, -0.15) is 0 Å². The van der Waals surface area contributed by atoms with E-state index in [0.29, 0.717) is 0 Å². The van der Waals surface area contributed by atoms with E-state index in [9.17, 15) is 9.90 Å². The van der Waals surface area contributed by atoms with Gasteiger partial charge in [-0.3, -0.25) is 4.79 Å². The first-order valence-corrected chi connectivity index (χ1v) is 6.29. The summed E-state index contributed by atoms with van der Waals surface area (Å²) in [5.41, 5.74) is 0. The van der Waals surface area contributed by atoms with Crippen LogP contribution in [0.25, 0.3) is 0 Å². The van der Waals surface area contributed by atoms with Gasteiger partial charge in [0.2, 0.25) is 0 Å². The predicted molar refractivity (Wildman–Crippen MR) is 67.3 cm³/mol. The molecule has 16 heavy (non-hydrogen) atoms. The third-order valence-electron chi connectivity index (χ3n) is 2.53. The molecule has 88 valence electrons. The van der Waals surface area contributed by atoms with E-state index in [4.69, 9.17) is 0 Å². The van der Waals surface area contributed by atoms with Crippen LogP contribution in [0, 0.1) is 11.8 Å². The molecule has 1 aromatic rings. The van der Waals surface area contributed by atoms with Crippen molar-refractivity contribution in [3.8, 4) is 0 Å². The maximum atomic E-state index is 11.9.